The van der Waals surface area contributed by atoms with Crippen molar-refractivity contribution in [2.75, 3.05) is 25.8 Å². The number of anilines is 1. The lowest BCUT2D eigenvalue weighted by Gasteiger charge is -2.14. The third kappa shape index (κ3) is 5.85. The fourth-order valence-electron chi connectivity index (χ4n) is 3.50. The molecule has 0 radical (unpaired) electrons. The van der Waals surface area contributed by atoms with Gasteiger partial charge in [-0.05, 0) is 48.7 Å². The van der Waals surface area contributed by atoms with Crippen LogP contribution in [0.5, 0.6) is 17.2 Å². The SMILES string of the molecule is COc1cccc(NC(=O)CCCCCN2C(=O)C(=Cc3ccc4c(c3)OCO4)SC2=S)c1. The maximum Gasteiger partial charge on any atom is 0.266 e. The van der Waals surface area contributed by atoms with Crippen molar-refractivity contribution in [1.82, 2.24) is 4.90 Å². The van der Waals surface area contributed by atoms with Gasteiger partial charge in [-0.3, -0.25) is 14.5 Å². The summed E-state index contributed by atoms with van der Waals surface area (Å²) >= 11 is 6.72. The van der Waals surface area contributed by atoms with Crippen molar-refractivity contribution in [1.29, 1.82) is 0 Å². The molecular weight excluding hydrogens is 460 g/mol. The number of carbonyl (C=O) groups excluding carboxylic acids is 2. The van der Waals surface area contributed by atoms with Crippen LogP contribution in [0.15, 0.2) is 47.4 Å². The number of carbonyl (C=O) groups is 2. The molecule has 0 bridgehead atoms. The van der Waals surface area contributed by atoms with E-state index in [1.165, 1.54) is 11.8 Å². The van der Waals surface area contributed by atoms with Gasteiger partial charge in [-0.25, -0.2) is 0 Å². The van der Waals surface area contributed by atoms with Gasteiger partial charge in [-0.2, -0.15) is 0 Å². The predicted octanol–water partition coefficient (Wildman–Crippen LogP) is 4.82. The number of methoxy groups -OCH3 is 1. The highest BCUT2D eigenvalue weighted by Crippen LogP contribution is 2.36. The second kappa shape index (κ2) is 10.7. The minimum Gasteiger partial charge on any atom is -0.497 e. The molecule has 9 heteroatoms. The summed E-state index contributed by atoms with van der Waals surface area (Å²) in [6, 6.07) is 12.8. The van der Waals surface area contributed by atoms with Crippen molar-refractivity contribution in [3.63, 3.8) is 0 Å². The molecule has 33 heavy (non-hydrogen) atoms. The zero-order valence-corrected chi connectivity index (χ0v) is 19.8. The van der Waals surface area contributed by atoms with Gasteiger partial charge in [0.15, 0.2) is 11.5 Å². The van der Waals surface area contributed by atoms with Crippen LogP contribution in [0, 0.1) is 0 Å². The number of benzene rings is 2. The van der Waals surface area contributed by atoms with E-state index in [1.54, 1.807) is 18.1 Å². The molecular formula is C24H24N2O5S2. The summed E-state index contributed by atoms with van der Waals surface area (Å²) in [5, 5.41) is 2.88. The maximum atomic E-state index is 12.8. The maximum absolute atomic E-state index is 12.8. The van der Waals surface area contributed by atoms with Crippen LogP contribution in [0.3, 0.4) is 0 Å². The molecule has 4 rings (SSSR count). The van der Waals surface area contributed by atoms with E-state index in [-0.39, 0.29) is 18.6 Å². The predicted molar refractivity (Wildman–Crippen MR) is 133 cm³/mol. The number of fused-ring (bicyclic) bond motifs is 1. The van der Waals surface area contributed by atoms with Crippen LogP contribution in [-0.4, -0.2) is 41.5 Å². The number of thioether (sulfide) groups is 1. The molecule has 0 unspecified atom stereocenters. The van der Waals surface area contributed by atoms with E-state index in [0.29, 0.717) is 45.1 Å². The van der Waals surface area contributed by atoms with Crippen molar-refractivity contribution >= 4 is 51.9 Å². The molecule has 0 saturated carbocycles. The average Bonchev–Trinajstić information content (AvgIpc) is 3.38. The van der Waals surface area contributed by atoms with E-state index in [0.717, 1.165) is 24.8 Å². The zero-order chi connectivity index (χ0) is 23.2. The Morgan fingerprint density at radius 1 is 1.18 bits per heavy atom. The van der Waals surface area contributed by atoms with Gasteiger partial charge < -0.3 is 19.5 Å². The number of thiocarbonyl (C=S) groups is 1. The first-order chi connectivity index (χ1) is 16.0. The fourth-order valence-corrected chi connectivity index (χ4v) is 4.81. The number of nitrogens with zero attached hydrogens (tertiary/aromatic N) is 1. The minimum absolute atomic E-state index is 0.0412. The fraction of sp³-hybridized carbons (Fsp3) is 0.292. The second-order valence-corrected chi connectivity index (χ2v) is 9.21. The molecule has 7 nitrogen and oxygen atoms in total. The number of hydrogen-bond donors (Lipinski definition) is 1. The molecule has 0 atom stereocenters. The molecule has 2 heterocycles. The topological polar surface area (TPSA) is 77.1 Å². The van der Waals surface area contributed by atoms with E-state index < -0.39 is 0 Å². The van der Waals surface area contributed by atoms with E-state index >= 15 is 0 Å². The van der Waals surface area contributed by atoms with Gasteiger partial charge in [-0.15, -0.1) is 0 Å². The second-order valence-electron chi connectivity index (χ2n) is 7.54. The molecule has 2 aromatic carbocycles. The van der Waals surface area contributed by atoms with Gasteiger partial charge in [-0.1, -0.05) is 42.5 Å². The van der Waals surface area contributed by atoms with E-state index in [4.69, 9.17) is 26.4 Å². The van der Waals surface area contributed by atoms with Crippen molar-refractivity contribution < 1.29 is 23.8 Å². The highest BCUT2D eigenvalue weighted by Gasteiger charge is 2.31. The number of nitrogens with one attached hydrogen (secondary N) is 1. The van der Waals surface area contributed by atoms with Crippen LogP contribution < -0.4 is 19.5 Å². The standard InChI is InChI=1S/C24H24N2O5S2/c1-29-18-7-5-6-17(14-18)25-22(27)8-3-2-4-11-26-23(28)21(33-24(26)32)13-16-9-10-19-20(12-16)31-15-30-19/h5-7,9-10,12-14H,2-4,8,11,15H2,1H3,(H,25,27). The van der Waals surface area contributed by atoms with Crippen molar-refractivity contribution in [3.05, 3.63) is 52.9 Å². The Morgan fingerprint density at radius 2 is 2.03 bits per heavy atom. The number of ether oxygens (including phenoxy) is 3. The summed E-state index contributed by atoms with van der Waals surface area (Å²) in [5.41, 5.74) is 1.58. The summed E-state index contributed by atoms with van der Waals surface area (Å²) in [7, 11) is 1.59. The Hall–Kier alpha value is -3.04. The Morgan fingerprint density at radius 3 is 2.88 bits per heavy atom. The van der Waals surface area contributed by atoms with Gasteiger partial charge in [0.2, 0.25) is 12.7 Å². The summed E-state index contributed by atoms with van der Waals surface area (Å²) in [4.78, 5) is 27.2. The number of unbranched alkanes of at least 4 members (excludes halogenated alkanes) is 2. The molecule has 2 aliphatic heterocycles. The van der Waals surface area contributed by atoms with E-state index in [1.807, 2.05) is 42.5 Å². The quantitative estimate of drug-likeness (QED) is 0.310. The number of rotatable bonds is 9. The normalized spacial score (nSPS) is 15.9. The molecule has 172 valence electrons. The highest BCUT2D eigenvalue weighted by atomic mass is 32.2. The summed E-state index contributed by atoms with van der Waals surface area (Å²) in [5.74, 6) is 1.95. The minimum atomic E-state index is -0.0848. The zero-order valence-electron chi connectivity index (χ0n) is 18.2. The lowest BCUT2D eigenvalue weighted by atomic mass is 10.1. The third-order valence-electron chi connectivity index (χ3n) is 5.21. The van der Waals surface area contributed by atoms with Crippen molar-refractivity contribution in [2.45, 2.75) is 25.7 Å². The molecule has 0 aliphatic carbocycles. The highest BCUT2D eigenvalue weighted by molar-refractivity contribution is 8.26. The van der Waals surface area contributed by atoms with E-state index in [9.17, 15) is 9.59 Å². The number of amides is 2. The molecule has 2 aromatic rings. The van der Waals surface area contributed by atoms with Crippen LogP contribution in [-0.2, 0) is 9.59 Å². The molecule has 1 saturated heterocycles. The molecule has 1 N–H and O–H groups in total. The Bertz CT molecular complexity index is 1100. The van der Waals surface area contributed by atoms with Crippen LogP contribution in [0.4, 0.5) is 5.69 Å². The number of hydrogen-bond acceptors (Lipinski definition) is 7. The van der Waals surface area contributed by atoms with E-state index in [2.05, 4.69) is 5.32 Å². The smallest absolute Gasteiger partial charge is 0.266 e. The van der Waals surface area contributed by atoms with Crippen molar-refractivity contribution in [3.8, 4) is 17.2 Å². The van der Waals surface area contributed by atoms with Gasteiger partial charge in [0.25, 0.3) is 5.91 Å². The van der Waals surface area contributed by atoms with Crippen LogP contribution in [0.2, 0.25) is 0 Å². The Balaban J connectivity index is 1.21. The average molecular weight is 485 g/mol. The van der Waals surface area contributed by atoms with Gasteiger partial charge in [0.05, 0.1) is 12.0 Å². The molecule has 0 aromatic heterocycles. The first-order valence-corrected chi connectivity index (χ1v) is 11.8. The third-order valence-corrected chi connectivity index (χ3v) is 6.58. The monoisotopic (exact) mass is 484 g/mol. The van der Waals surface area contributed by atoms with Crippen LogP contribution in [0.1, 0.15) is 31.2 Å². The Labute approximate surface area is 202 Å². The molecule has 1 fully saturated rings. The molecule has 0 spiro atoms. The van der Waals surface area contributed by atoms with Crippen LogP contribution in [0.25, 0.3) is 6.08 Å². The van der Waals surface area contributed by atoms with Crippen LogP contribution >= 0.6 is 24.0 Å². The molecule has 2 aliphatic rings. The largest absolute Gasteiger partial charge is 0.497 e. The lowest BCUT2D eigenvalue weighted by Crippen LogP contribution is -2.29. The summed E-state index contributed by atoms with van der Waals surface area (Å²) in [6.07, 6.45) is 4.57. The summed E-state index contributed by atoms with van der Waals surface area (Å²) < 4.78 is 16.4. The van der Waals surface area contributed by atoms with Gasteiger partial charge >= 0.3 is 0 Å². The van der Waals surface area contributed by atoms with Gasteiger partial charge in [0, 0.05) is 24.7 Å². The first-order valence-electron chi connectivity index (χ1n) is 10.6. The Kier molecular flexibility index (Phi) is 7.51. The first kappa shape index (κ1) is 23.1. The molecule has 2 amide bonds. The van der Waals surface area contributed by atoms with Gasteiger partial charge in [0.1, 0.15) is 10.1 Å². The van der Waals surface area contributed by atoms with Crippen molar-refractivity contribution in [2.24, 2.45) is 0 Å². The summed E-state index contributed by atoms with van der Waals surface area (Å²) in [6.45, 7) is 0.754. The lowest BCUT2D eigenvalue weighted by molar-refractivity contribution is -0.122.